The average Bonchev–Trinajstić information content (AvgIpc) is 3.08. The van der Waals surface area contributed by atoms with Crippen LogP contribution in [0.15, 0.2) is 58.8 Å². The van der Waals surface area contributed by atoms with Crippen LogP contribution in [0.25, 0.3) is 0 Å². The van der Waals surface area contributed by atoms with Gasteiger partial charge in [0, 0.05) is 16.0 Å². The molecule has 0 fully saturated rings. The number of benzene rings is 2. The summed E-state index contributed by atoms with van der Waals surface area (Å²) in [5.74, 6) is 2.61. The number of aromatic nitrogens is 1. The predicted molar refractivity (Wildman–Crippen MR) is 100 cm³/mol. The number of thioether (sulfide) groups is 1. The molecule has 0 aliphatic heterocycles. The minimum absolute atomic E-state index is 0.515. The van der Waals surface area contributed by atoms with Gasteiger partial charge < -0.3 is 9.47 Å². The Morgan fingerprint density at radius 3 is 2.42 bits per heavy atom. The van der Waals surface area contributed by atoms with Gasteiger partial charge in [-0.05, 0) is 43.3 Å². The van der Waals surface area contributed by atoms with Crippen molar-refractivity contribution in [1.82, 2.24) is 4.98 Å². The molecule has 0 amide bonds. The van der Waals surface area contributed by atoms with Gasteiger partial charge in [-0.25, -0.2) is 4.98 Å². The van der Waals surface area contributed by atoms with E-state index in [4.69, 9.17) is 9.47 Å². The van der Waals surface area contributed by atoms with Crippen LogP contribution in [-0.2, 0) is 12.4 Å². The minimum Gasteiger partial charge on any atom is -0.497 e. The van der Waals surface area contributed by atoms with Crippen LogP contribution < -0.4 is 9.47 Å². The van der Waals surface area contributed by atoms with Crippen LogP contribution in [0.1, 0.15) is 16.3 Å². The molecule has 0 bridgehead atoms. The van der Waals surface area contributed by atoms with E-state index >= 15 is 0 Å². The van der Waals surface area contributed by atoms with Crippen molar-refractivity contribution in [2.24, 2.45) is 0 Å². The fraction of sp³-hybridized carbons (Fsp3) is 0.211. The predicted octanol–water partition coefficient (Wildman–Crippen LogP) is 5.33. The molecule has 3 aromatic rings. The number of rotatable bonds is 7. The Hall–Kier alpha value is -1.98. The van der Waals surface area contributed by atoms with Crippen molar-refractivity contribution in [1.29, 1.82) is 0 Å². The van der Waals surface area contributed by atoms with Crippen LogP contribution in [0.3, 0.4) is 0 Å². The van der Waals surface area contributed by atoms with Crippen molar-refractivity contribution in [2.45, 2.75) is 24.2 Å². The van der Waals surface area contributed by atoms with Gasteiger partial charge in [0.25, 0.3) is 0 Å². The van der Waals surface area contributed by atoms with Crippen molar-refractivity contribution in [3.63, 3.8) is 0 Å². The first-order chi connectivity index (χ1) is 11.7. The van der Waals surface area contributed by atoms with Gasteiger partial charge in [-0.3, -0.25) is 0 Å². The molecule has 1 aromatic heterocycles. The Balaban J connectivity index is 1.50. The molecule has 0 N–H and O–H groups in total. The topological polar surface area (TPSA) is 31.4 Å². The minimum atomic E-state index is 0.515. The molecule has 5 heteroatoms. The highest BCUT2D eigenvalue weighted by atomic mass is 32.2. The van der Waals surface area contributed by atoms with Crippen molar-refractivity contribution in [2.75, 3.05) is 7.11 Å². The third kappa shape index (κ3) is 4.76. The molecule has 3 nitrogen and oxygen atoms in total. The zero-order chi connectivity index (χ0) is 16.8. The lowest BCUT2D eigenvalue weighted by molar-refractivity contribution is 0.305. The standard InChI is InChI=1S/C19H19NO2S2/c1-14-3-5-17(6-4-14)22-11-19-20-15(13-24-19)12-23-18-9-7-16(21-2)8-10-18/h3-10,13H,11-12H2,1-2H3. The van der Waals surface area contributed by atoms with E-state index in [0.717, 1.165) is 28.0 Å². The lowest BCUT2D eigenvalue weighted by atomic mass is 10.2. The van der Waals surface area contributed by atoms with E-state index in [-0.39, 0.29) is 0 Å². The van der Waals surface area contributed by atoms with Crippen LogP contribution in [0, 0.1) is 6.92 Å². The highest BCUT2D eigenvalue weighted by molar-refractivity contribution is 7.98. The van der Waals surface area contributed by atoms with Crippen LogP contribution in [0.2, 0.25) is 0 Å². The van der Waals surface area contributed by atoms with E-state index in [1.54, 1.807) is 30.2 Å². The summed E-state index contributed by atoms with van der Waals surface area (Å²) in [6.07, 6.45) is 0. The number of ether oxygens (including phenoxy) is 2. The summed E-state index contributed by atoms with van der Waals surface area (Å²) >= 11 is 3.41. The van der Waals surface area contributed by atoms with Gasteiger partial charge in [-0.15, -0.1) is 23.1 Å². The van der Waals surface area contributed by atoms with E-state index < -0.39 is 0 Å². The molecule has 0 aliphatic carbocycles. The van der Waals surface area contributed by atoms with E-state index in [1.165, 1.54) is 10.5 Å². The number of hydrogen-bond donors (Lipinski definition) is 0. The van der Waals surface area contributed by atoms with Gasteiger partial charge in [0.2, 0.25) is 0 Å². The van der Waals surface area contributed by atoms with E-state index in [2.05, 4.69) is 29.4 Å². The molecular weight excluding hydrogens is 338 g/mol. The molecule has 24 heavy (non-hydrogen) atoms. The maximum absolute atomic E-state index is 5.78. The first kappa shape index (κ1) is 16.9. The monoisotopic (exact) mass is 357 g/mol. The van der Waals surface area contributed by atoms with Crippen molar-refractivity contribution >= 4 is 23.1 Å². The molecule has 0 aliphatic rings. The summed E-state index contributed by atoms with van der Waals surface area (Å²) in [6, 6.07) is 16.2. The van der Waals surface area contributed by atoms with Crippen molar-refractivity contribution in [3.8, 4) is 11.5 Å². The maximum Gasteiger partial charge on any atom is 0.140 e. The third-order valence-electron chi connectivity index (χ3n) is 3.43. The fourth-order valence-corrected chi connectivity index (χ4v) is 3.69. The second-order valence-corrected chi connectivity index (χ2v) is 7.29. The van der Waals surface area contributed by atoms with E-state index in [0.29, 0.717) is 6.61 Å². The average molecular weight is 358 g/mol. The summed E-state index contributed by atoms with van der Waals surface area (Å²) < 4.78 is 10.9. The molecule has 0 spiro atoms. The number of thiazole rings is 1. The fourth-order valence-electron chi connectivity index (χ4n) is 2.09. The number of hydrogen-bond acceptors (Lipinski definition) is 5. The van der Waals surface area contributed by atoms with Gasteiger partial charge in [-0.1, -0.05) is 17.7 Å². The lowest BCUT2D eigenvalue weighted by Gasteiger charge is -2.04. The second-order valence-electron chi connectivity index (χ2n) is 5.30. The van der Waals surface area contributed by atoms with Crippen LogP contribution in [0.5, 0.6) is 11.5 Å². The van der Waals surface area contributed by atoms with Crippen LogP contribution in [-0.4, -0.2) is 12.1 Å². The van der Waals surface area contributed by atoms with Crippen LogP contribution >= 0.6 is 23.1 Å². The zero-order valence-corrected chi connectivity index (χ0v) is 15.3. The Morgan fingerprint density at radius 1 is 1.00 bits per heavy atom. The molecule has 3 rings (SSSR count). The first-order valence-corrected chi connectivity index (χ1v) is 9.49. The Morgan fingerprint density at radius 2 is 1.71 bits per heavy atom. The Labute approximate surface area is 150 Å². The Bertz CT molecular complexity index is 767. The highest BCUT2D eigenvalue weighted by Gasteiger charge is 2.04. The Kier molecular flexibility index (Phi) is 5.77. The molecule has 0 unspecified atom stereocenters. The molecule has 1 heterocycles. The third-order valence-corrected chi connectivity index (χ3v) is 5.35. The first-order valence-electron chi connectivity index (χ1n) is 7.62. The maximum atomic E-state index is 5.78. The summed E-state index contributed by atoms with van der Waals surface area (Å²) in [5.41, 5.74) is 2.32. The van der Waals surface area contributed by atoms with Gasteiger partial charge in [0.15, 0.2) is 0 Å². The van der Waals surface area contributed by atoms with Crippen molar-refractivity contribution in [3.05, 3.63) is 70.2 Å². The second kappa shape index (κ2) is 8.22. The van der Waals surface area contributed by atoms with Gasteiger partial charge >= 0.3 is 0 Å². The highest BCUT2D eigenvalue weighted by Crippen LogP contribution is 2.26. The van der Waals surface area contributed by atoms with Gasteiger partial charge in [0.05, 0.1) is 12.8 Å². The summed E-state index contributed by atoms with van der Waals surface area (Å²) in [5, 5.41) is 3.10. The lowest BCUT2D eigenvalue weighted by Crippen LogP contribution is -1.95. The van der Waals surface area contributed by atoms with E-state index in [9.17, 15) is 0 Å². The largest absolute Gasteiger partial charge is 0.497 e. The molecule has 2 aromatic carbocycles. The summed E-state index contributed by atoms with van der Waals surface area (Å²) in [7, 11) is 1.68. The molecule has 0 saturated carbocycles. The summed E-state index contributed by atoms with van der Waals surface area (Å²) in [4.78, 5) is 5.85. The number of methoxy groups -OCH3 is 1. The van der Waals surface area contributed by atoms with Crippen molar-refractivity contribution < 1.29 is 9.47 Å². The molecule has 0 atom stereocenters. The number of nitrogens with zero attached hydrogens (tertiary/aromatic N) is 1. The quantitative estimate of drug-likeness (QED) is 0.535. The smallest absolute Gasteiger partial charge is 0.140 e. The normalized spacial score (nSPS) is 10.6. The van der Waals surface area contributed by atoms with Crippen LogP contribution in [0.4, 0.5) is 0 Å². The molecule has 0 radical (unpaired) electrons. The van der Waals surface area contributed by atoms with Gasteiger partial charge in [0.1, 0.15) is 23.1 Å². The van der Waals surface area contributed by atoms with Gasteiger partial charge in [-0.2, -0.15) is 0 Å². The molecular formula is C19H19NO2S2. The summed E-state index contributed by atoms with van der Waals surface area (Å²) in [6.45, 7) is 2.58. The zero-order valence-electron chi connectivity index (χ0n) is 13.7. The molecule has 0 saturated heterocycles. The van der Waals surface area contributed by atoms with E-state index in [1.807, 2.05) is 36.4 Å². The SMILES string of the molecule is COc1ccc(SCc2csc(COc3ccc(C)cc3)n2)cc1. The molecule has 124 valence electrons. The number of aryl methyl sites for hydroxylation is 1.